The van der Waals surface area contributed by atoms with Gasteiger partial charge in [0.15, 0.2) is 12.4 Å². The molecule has 1 N–H and O–H groups in total. The Bertz CT molecular complexity index is 652. The van der Waals surface area contributed by atoms with Crippen LogP contribution in [-0.4, -0.2) is 21.2 Å². The molecular formula is C13H11BrN2O4. The number of ether oxygens (including phenoxy) is 1. The highest BCUT2D eigenvalue weighted by Gasteiger charge is 2.09. The number of carboxylic acid groups (broad SMARTS) is 1. The molecule has 1 heterocycles. The zero-order valence-corrected chi connectivity index (χ0v) is 12.1. The molecule has 0 aliphatic carbocycles. The second-order valence-electron chi connectivity index (χ2n) is 3.85. The van der Waals surface area contributed by atoms with Crippen LogP contribution in [0, 0.1) is 6.92 Å². The molecule has 0 amide bonds. The molecule has 6 nitrogen and oxygen atoms in total. The van der Waals surface area contributed by atoms with Gasteiger partial charge in [0.1, 0.15) is 5.75 Å². The molecule has 7 heteroatoms. The zero-order chi connectivity index (χ0) is 14.5. The van der Waals surface area contributed by atoms with Crippen LogP contribution in [-0.2, 0) is 11.4 Å². The van der Waals surface area contributed by atoms with Crippen LogP contribution in [0.25, 0.3) is 6.08 Å². The summed E-state index contributed by atoms with van der Waals surface area (Å²) in [5, 5.41) is 12.3. The van der Waals surface area contributed by atoms with Crippen molar-refractivity contribution >= 4 is 28.0 Å². The number of aryl methyl sites for hydroxylation is 1. The van der Waals surface area contributed by atoms with Crippen molar-refractivity contribution in [1.29, 1.82) is 0 Å². The molecule has 2 rings (SSSR count). The van der Waals surface area contributed by atoms with Crippen LogP contribution < -0.4 is 4.74 Å². The molecule has 1 aromatic heterocycles. The van der Waals surface area contributed by atoms with Crippen LogP contribution in [0.4, 0.5) is 0 Å². The first kappa shape index (κ1) is 14.3. The molecule has 0 atom stereocenters. The molecule has 1 aromatic carbocycles. The lowest BCUT2D eigenvalue weighted by molar-refractivity contribution is -0.131. The highest BCUT2D eigenvalue weighted by atomic mass is 79.9. The van der Waals surface area contributed by atoms with Crippen LogP contribution in [0.15, 0.2) is 33.3 Å². The van der Waals surface area contributed by atoms with E-state index in [4.69, 9.17) is 14.4 Å². The maximum atomic E-state index is 10.6. The average molecular weight is 339 g/mol. The molecule has 0 aliphatic rings. The Balaban J connectivity index is 2.19. The van der Waals surface area contributed by atoms with Gasteiger partial charge in [0.2, 0.25) is 0 Å². The van der Waals surface area contributed by atoms with E-state index in [1.807, 2.05) is 0 Å². The first-order valence-electron chi connectivity index (χ1n) is 5.68. The number of rotatable bonds is 5. The third kappa shape index (κ3) is 3.67. The molecule has 0 fully saturated rings. The Kier molecular flexibility index (Phi) is 4.52. The molecule has 0 bridgehead atoms. The molecular weight excluding hydrogens is 328 g/mol. The Hall–Kier alpha value is -2.15. The minimum absolute atomic E-state index is 0.108. The summed E-state index contributed by atoms with van der Waals surface area (Å²) < 4.78 is 11.3. The average Bonchev–Trinajstić information content (AvgIpc) is 2.81. The second-order valence-corrected chi connectivity index (χ2v) is 4.71. The van der Waals surface area contributed by atoms with E-state index in [9.17, 15) is 4.79 Å². The van der Waals surface area contributed by atoms with Gasteiger partial charge >= 0.3 is 5.97 Å². The smallest absolute Gasteiger partial charge is 0.328 e. The summed E-state index contributed by atoms with van der Waals surface area (Å²) >= 11 is 3.36. The maximum Gasteiger partial charge on any atom is 0.328 e. The van der Waals surface area contributed by atoms with E-state index in [2.05, 4.69) is 26.1 Å². The summed E-state index contributed by atoms with van der Waals surface area (Å²) in [4.78, 5) is 14.6. The molecule has 0 spiro atoms. The van der Waals surface area contributed by atoms with Crippen molar-refractivity contribution in [2.75, 3.05) is 0 Å². The van der Waals surface area contributed by atoms with Crippen LogP contribution in [0.3, 0.4) is 0 Å². The molecule has 2 aromatic rings. The Morgan fingerprint density at radius 2 is 2.35 bits per heavy atom. The van der Waals surface area contributed by atoms with E-state index in [0.717, 1.165) is 6.08 Å². The fraction of sp³-hybridized carbons (Fsp3) is 0.154. The normalized spacial score (nSPS) is 10.9. The van der Waals surface area contributed by atoms with E-state index in [0.29, 0.717) is 27.5 Å². The molecule has 0 saturated heterocycles. The molecule has 0 saturated carbocycles. The number of aliphatic carboxylic acids is 1. The zero-order valence-electron chi connectivity index (χ0n) is 10.5. The number of hydrogen-bond donors (Lipinski definition) is 1. The van der Waals surface area contributed by atoms with Crippen LogP contribution >= 0.6 is 15.9 Å². The minimum atomic E-state index is -1.02. The maximum absolute atomic E-state index is 10.6. The third-order valence-electron chi connectivity index (χ3n) is 2.31. The van der Waals surface area contributed by atoms with Crippen molar-refractivity contribution < 1.29 is 19.2 Å². The van der Waals surface area contributed by atoms with Crippen molar-refractivity contribution in [3.8, 4) is 5.75 Å². The number of aromatic nitrogens is 2. The number of nitrogens with zero attached hydrogens (tertiary/aromatic N) is 2. The lowest BCUT2D eigenvalue weighted by atomic mass is 10.2. The first-order valence-corrected chi connectivity index (χ1v) is 6.47. The number of carboxylic acids is 1. The van der Waals surface area contributed by atoms with E-state index < -0.39 is 5.97 Å². The molecule has 20 heavy (non-hydrogen) atoms. The van der Waals surface area contributed by atoms with Gasteiger partial charge in [-0.2, -0.15) is 4.98 Å². The summed E-state index contributed by atoms with van der Waals surface area (Å²) in [5.74, 6) is 0.373. The number of carbonyl (C=O) groups is 1. The van der Waals surface area contributed by atoms with Gasteiger partial charge in [0.25, 0.3) is 5.89 Å². The number of para-hydroxylation sites is 1. The van der Waals surface area contributed by atoms with E-state index in [-0.39, 0.29) is 6.61 Å². The third-order valence-corrected chi connectivity index (χ3v) is 2.94. The number of hydrogen-bond acceptors (Lipinski definition) is 5. The quantitative estimate of drug-likeness (QED) is 0.843. The van der Waals surface area contributed by atoms with Crippen LogP contribution in [0.2, 0.25) is 0 Å². The monoisotopic (exact) mass is 338 g/mol. The molecule has 0 aliphatic heterocycles. The Labute approximate surface area is 123 Å². The van der Waals surface area contributed by atoms with Gasteiger partial charge in [-0.15, -0.1) is 0 Å². The Morgan fingerprint density at radius 3 is 3.00 bits per heavy atom. The fourth-order valence-corrected chi connectivity index (χ4v) is 2.00. The lowest BCUT2D eigenvalue weighted by Gasteiger charge is -2.09. The van der Waals surface area contributed by atoms with Gasteiger partial charge in [-0.1, -0.05) is 17.3 Å². The van der Waals surface area contributed by atoms with E-state index in [1.54, 1.807) is 25.1 Å². The van der Waals surface area contributed by atoms with Gasteiger partial charge in [0.05, 0.1) is 4.47 Å². The van der Waals surface area contributed by atoms with Gasteiger partial charge < -0.3 is 14.4 Å². The predicted octanol–water partition coefficient (Wildman–Crippen LogP) is 2.82. The molecule has 0 unspecified atom stereocenters. The predicted molar refractivity (Wildman–Crippen MR) is 74.2 cm³/mol. The summed E-state index contributed by atoms with van der Waals surface area (Å²) in [6.07, 6.45) is 2.51. The van der Waals surface area contributed by atoms with Crippen molar-refractivity contribution in [3.63, 3.8) is 0 Å². The summed E-state index contributed by atoms with van der Waals surface area (Å²) in [5.41, 5.74) is 0.637. The molecule has 104 valence electrons. The van der Waals surface area contributed by atoms with E-state index in [1.165, 1.54) is 6.08 Å². The van der Waals surface area contributed by atoms with Crippen molar-refractivity contribution in [2.45, 2.75) is 13.5 Å². The fourth-order valence-electron chi connectivity index (χ4n) is 1.50. The number of benzene rings is 1. The first-order chi connectivity index (χ1) is 9.56. The van der Waals surface area contributed by atoms with Gasteiger partial charge in [-0.05, 0) is 35.0 Å². The van der Waals surface area contributed by atoms with E-state index >= 15 is 0 Å². The van der Waals surface area contributed by atoms with Crippen molar-refractivity contribution in [1.82, 2.24) is 10.1 Å². The summed E-state index contributed by atoms with van der Waals surface area (Å²) in [6, 6.07) is 5.33. The van der Waals surface area contributed by atoms with Crippen molar-refractivity contribution in [2.24, 2.45) is 0 Å². The molecule has 0 radical (unpaired) electrons. The van der Waals surface area contributed by atoms with Crippen LogP contribution in [0.1, 0.15) is 17.3 Å². The Morgan fingerprint density at radius 1 is 1.55 bits per heavy atom. The summed E-state index contributed by atoms with van der Waals surface area (Å²) in [6.45, 7) is 1.82. The highest BCUT2D eigenvalue weighted by Crippen LogP contribution is 2.30. The second kappa shape index (κ2) is 6.33. The summed E-state index contributed by atoms with van der Waals surface area (Å²) in [7, 11) is 0. The SMILES string of the molecule is Cc1noc(COc2c(Br)cccc2C=CC(=O)O)n1. The van der Waals surface area contributed by atoms with Crippen LogP contribution in [0.5, 0.6) is 5.75 Å². The van der Waals surface area contributed by atoms with Crippen molar-refractivity contribution in [3.05, 3.63) is 46.0 Å². The minimum Gasteiger partial charge on any atom is -0.482 e. The standard InChI is InChI=1S/C13H11BrN2O4/c1-8-15-11(20-16-8)7-19-13-9(5-6-12(17)18)3-2-4-10(13)14/h2-6H,7H2,1H3,(H,17,18). The number of halogens is 1. The lowest BCUT2D eigenvalue weighted by Crippen LogP contribution is -1.98. The van der Waals surface area contributed by atoms with Gasteiger partial charge in [-0.25, -0.2) is 4.79 Å². The largest absolute Gasteiger partial charge is 0.482 e. The van der Waals surface area contributed by atoms with Gasteiger partial charge in [0, 0.05) is 11.6 Å². The highest BCUT2D eigenvalue weighted by molar-refractivity contribution is 9.10. The van der Waals surface area contributed by atoms with Gasteiger partial charge in [-0.3, -0.25) is 0 Å². The topological polar surface area (TPSA) is 85.5 Å².